The van der Waals surface area contributed by atoms with Crippen LogP contribution < -0.4 is 5.32 Å². The number of ether oxygens (including phenoxy) is 1. The molecule has 5 heteroatoms. The first-order chi connectivity index (χ1) is 11.2. The quantitative estimate of drug-likeness (QED) is 0.621. The van der Waals surface area contributed by atoms with E-state index in [2.05, 4.69) is 10.3 Å². The second kappa shape index (κ2) is 8.88. The Labute approximate surface area is 136 Å². The molecule has 0 spiro atoms. The van der Waals surface area contributed by atoms with E-state index in [4.69, 9.17) is 4.74 Å². The number of amides is 1. The van der Waals surface area contributed by atoms with Gasteiger partial charge in [-0.3, -0.25) is 9.78 Å². The van der Waals surface area contributed by atoms with Gasteiger partial charge in [-0.05, 0) is 50.3 Å². The molecule has 23 heavy (non-hydrogen) atoms. The lowest BCUT2D eigenvalue weighted by molar-refractivity contribution is -0.137. The second-order valence-corrected chi connectivity index (χ2v) is 5.29. The highest BCUT2D eigenvalue weighted by Crippen LogP contribution is 2.28. The van der Waals surface area contributed by atoms with Crippen molar-refractivity contribution in [2.75, 3.05) is 13.2 Å². The number of hydrogen-bond acceptors (Lipinski definition) is 4. The molecule has 0 saturated carbocycles. The minimum Gasteiger partial charge on any atom is -0.463 e. The molecule has 1 heterocycles. The number of nitrogens with one attached hydrogen (secondary N) is 1. The lowest BCUT2D eigenvalue weighted by atomic mass is 10.1. The van der Waals surface area contributed by atoms with Gasteiger partial charge >= 0.3 is 5.97 Å². The van der Waals surface area contributed by atoms with Crippen LogP contribution in [0, 0.1) is 0 Å². The maximum absolute atomic E-state index is 11.9. The van der Waals surface area contributed by atoms with E-state index >= 15 is 0 Å². The molecule has 0 aromatic carbocycles. The number of pyridine rings is 1. The lowest BCUT2D eigenvalue weighted by Crippen LogP contribution is -2.25. The average Bonchev–Trinajstić information content (AvgIpc) is 3.01. The van der Waals surface area contributed by atoms with Crippen LogP contribution in [0.15, 0.2) is 47.7 Å². The summed E-state index contributed by atoms with van der Waals surface area (Å²) in [5.74, 6) is -0.470. The molecule has 1 aromatic rings. The number of rotatable bonds is 7. The fourth-order valence-electron chi connectivity index (χ4n) is 2.59. The van der Waals surface area contributed by atoms with Crippen molar-refractivity contribution in [3.05, 3.63) is 53.4 Å². The van der Waals surface area contributed by atoms with Gasteiger partial charge in [-0.25, -0.2) is 4.79 Å². The van der Waals surface area contributed by atoms with Crippen molar-refractivity contribution in [2.45, 2.75) is 32.6 Å². The van der Waals surface area contributed by atoms with Gasteiger partial charge in [0.2, 0.25) is 0 Å². The van der Waals surface area contributed by atoms with E-state index in [0.29, 0.717) is 18.8 Å². The van der Waals surface area contributed by atoms with Gasteiger partial charge in [-0.1, -0.05) is 17.7 Å². The molecule has 0 saturated heterocycles. The maximum atomic E-state index is 11.9. The number of allylic oxidation sites excluding steroid dienone is 2. The van der Waals surface area contributed by atoms with Crippen LogP contribution in [-0.4, -0.2) is 30.0 Å². The standard InChI is InChI=1S/C18H22N2O3/c1-2-23-17(21)10-9-14-6-5-7-15(14)11-13-20-18(22)16-8-3-4-12-19-16/h3-4,8-10,12H,2,5-7,11,13H2,1H3,(H,20,22)/b10-9+. The summed E-state index contributed by atoms with van der Waals surface area (Å²) in [4.78, 5) is 27.3. The molecule has 2 rings (SSSR count). The Hall–Kier alpha value is -2.43. The summed E-state index contributed by atoms with van der Waals surface area (Å²) in [7, 11) is 0. The average molecular weight is 314 g/mol. The van der Waals surface area contributed by atoms with Crippen LogP contribution in [0.5, 0.6) is 0 Å². The molecule has 0 fully saturated rings. The number of carbonyl (C=O) groups is 2. The fraction of sp³-hybridized carbons (Fsp3) is 0.389. The zero-order valence-electron chi connectivity index (χ0n) is 13.4. The number of hydrogen-bond donors (Lipinski definition) is 1. The molecule has 1 aliphatic carbocycles. The van der Waals surface area contributed by atoms with Crippen LogP contribution in [0.3, 0.4) is 0 Å². The molecular weight excluding hydrogens is 292 g/mol. The third-order valence-electron chi connectivity index (χ3n) is 3.70. The highest BCUT2D eigenvalue weighted by Gasteiger charge is 2.13. The van der Waals surface area contributed by atoms with Gasteiger partial charge in [0.15, 0.2) is 0 Å². The third kappa shape index (κ3) is 5.36. The maximum Gasteiger partial charge on any atom is 0.330 e. The molecule has 0 unspecified atom stereocenters. The topological polar surface area (TPSA) is 68.3 Å². The zero-order valence-corrected chi connectivity index (χ0v) is 13.4. The molecule has 0 atom stereocenters. The van der Waals surface area contributed by atoms with E-state index in [1.807, 2.05) is 6.08 Å². The van der Waals surface area contributed by atoms with Crippen LogP contribution in [0.4, 0.5) is 0 Å². The van der Waals surface area contributed by atoms with Crippen molar-refractivity contribution in [1.29, 1.82) is 0 Å². The number of nitrogens with zero attached hydrogens (tertiary/aromatic N) is 1. The van der Waals surface area contributed by atoms with E-state index < -0.39 is 0 Å². The third-order valence-corrected chi connectivity index (χ3v) is 3.70. The number of carbonyl (C=O) groups excluding carboxylic acids is 2. The van der Waals surface area contributed by atoms with Crippen molar-refractivity contribution in [1.82, 2.24) is 10.3 Å². The normalized spacial score (nSPS) is 14.3. The second-order valence-electron chi connectivity index (χ2n) is 5.29. The van der Waals surface area contributed by atoms with Gasteiger partial charge in [-0.15, -0.1) is 0 Å². The molecule has 5 nitrogen and oxygen atoms in total. The van der Waals surface area contributed by atoms with Crippen LogP contribution in [0.25, 0.3) is 0 Å². The molecule has 1 aromatic heterocycles. The van der Waals surface area contributed by atoms with Gasteiger partial charge < -0.3 is 10.1 Å². The highest BCUT2D eigenvalue weighted by molar-refractivity contribution is 5.92. The van der Waals surface area contributed by atoms with Crippen LogP contribution in [0.1, 0.15) is 43.1 Å². The van der Waals surface area contributed by atoms with Gasteiger partial charge in [-0.2, -0.15) is 0 Å². The molecule has 1 amide bonds. The Morgan fingerprint density at radius 2 is 2.22 bits per heavy atom. The van der Waals surface area contributed by atoms with E-state index in [0.717, 1.165) is 25.7 Å². The largest absolute Gasteiger partial charge is 0.463 e. The van der Waals surface area contributed by atoms with Crippen molar-refractivity contribution in [2.24, 2.45) is 0 Å². The van der Waals surface area contributed by atoms with E-state index in [1.165, 1.54) is 17.2 Å². The summed E-state index contributed by atoms with van der Waals surface area (Å²) in [5, 5.41) is 2.88. The van der Waals surface area contributed by atoms with Crippen molar-refractivity contribution < 1.29 is 14.3 Å². The Kier molecular flexibility index (Phi) is 6.54. The summed E-state index contributed by atoms with van der Waals surface area (Å²) in [5.41, 5.74) is 2.91. The minimum atomic E-state index is -0.310. The number of esters is 1. The van der Waals surface area contributed by atoms with E-state index in [9.17, 15) is 9.59 Å². The van der Waals surface area contributed by atoms with Crippen LogP contribution in [-0.2, 0) is 9.53 Å². The van der Waals surface area contributed by atoms with Crippen LogP contribution >= 0.6 is 0 Å². The Morgan fingerprint density at radius 1 is 1.35 bits per heavy atom. The number of aromatic nitrogens is 1. The first-order valence-corrected chi connectivity index (χ1v) is 7.95. The molecule has 0 radical (unpaired) electrons. The monoisotopic (exact) mass is 314 g/mol. The smallest absolute Gasteiger partial charge is 0.330 e. The van der Waals surface area contributed by atoms with Crippen LogP contribution in [0.2, 0.25) is 0 Å². The molecule has 1 N–H and O–H groups in total. The summed E-state index contributed by atoms with van der Waals surface area (Å²) in [6.45, 7) is 2.74. The molecule has 0 aliphatic heterocycles. The lowest BCUT2D eigenvalue weighted by Gasteiger charge is -2.07. The first kappa shape index (κ1) is 16.9. The molecule has 0 bridgehead atoms. The zero-order chi connectivity index (χ0) is 16.5. The van der Waals surface area contributed by atoms with Gasteiger partial charge in [0.05, 0.1) is 6.61 Å². The van der Waals surface area contributed by atoms with E-state index in [-0.39, 0.29) is 11.9 Å². The summed E-state index contributed by atoms with van der Waals surface area (Å²) < 4.78 is 4.89. The predicted molar refractivity (Wildman–Crippen MR) is 87.8 cm³/mol. The first-order valence-electron chi connectivity index (χ1n) is 7.95. The SMILES string of the molecule is CCOC(=O)/C=C/C1=C(CCNC(=O)c2ccccn2)CCC1. The predicted octanol–water partition coefficient (Wildman–Crippen LogP) is 2.80. The fourth-order valence-corrected chi connectivity index (χ4v) is 2.59. The van der Waals surface area contributed by atoms with Crippen molar-refractivity contribution >= 4 is 11.9 Å². The Bertz CT molecular complexity index is 606. The highest BCUT2D eigenvalue weighted by atomic mass is 16.5. The van der Waals surface area contributed by atoms with E-state index in [1.54, 1.807) is 31.3 Å². The minimum absolute atomic E-state index is 0.159. The summed E-state index contributed by atoms with van der Waals surface area (Å²) in [6, 6.07) is 5.26. The summed E-state index contributed by atoms with van der Waals surface area (Å²) >= 11 is 0. The van der Waals surface area contributed by atoms with Crippen molar-refractivity contribution in [3.63, 3.8) is 0 Å². The Balaban J connectivity index is 1.85. The molecular formula is C18H22N2O3. The van der Waals surface area contributed by atoms with Crippen molar-refractivity contribution in [3.8, 4) is 0 Å². The van der Waals surface area contributed by atoms with Gasteiger partial charge in [0.1, 0.15) is 5.69 Å². The van der Waals surface area contributed by atoms with Gasteiger partial charge in [0, 0.05) is 18.8 Å². The molecule has 122 valence electrons. The molecule has 1 aliphatic rings. The van der Waals surface area contributed by atoms with Gasteiger partial charge in [0.25, 0.3) is 5.91 Å². The Morgan fingerprint density at radius 3 is 2.96 bits per heavy atom. The summed E-state index contributed by atoms with van der Waals surface area (Å²) in [6.07, 6.45) is 8.80.